The summed E-state index contributed by atoms with van der Waals surface area (Å²) in [5.74, 6) is 0.186. The number of hydrogen-bond donors (Lipinski definition) is 1. The van der Waals surface area contributed by atoms with Crippen molar-refractivity contribution < 1.29 is 17.9 Å². The lowest BCUT2D eigenvalue weighted by molar-refractivity contribution is -0.114. The molecule has 7 heteroatoms. The van der Waals surface area contributed by atoms with Crippen molar-refractivity contribution in [2.75, 3.05) is 22.8 Å². The quantitative estimate of drug-likeness (QED) is 0.506. The highest BCUT2D eigenvalue weighted by molar-refractivity contribution is 7.92. The Bertz CT molecular complexity index is 1170. The number of para-hydroxylation sites is 1. The standard InChI is InChI=1S/C25H28N2O4S/c1-4-20-9-6-7-12-24(20)27(32(29,30)23-15-13-19(3)14-16-23)18-25(28)26-21-10-8-11-22(17-21)31-5-2/h6-17H,4-5,18H2,1-3H3,(H,26,28). The second-order valence-electron chi connectivity index (χ2n) is 7.32. The van der Waals surface area contributed by atoms with Crippen LogP contribution in [0.25, 0.3) is 0 Å². The van der Waals surface area contributed by atoms with Gasteiger partial charge in [0.15, 0.2) is 0 Å². The number of sulfonamides is 1. The van der Waals surface area contributed by atoms with E-state index in [0.717, 1.165) is 11.1 Å². The molecule has 3 aromatic carbocycles. The summed E-state index contributed by atoms with van der Waals surface area (Å²) in [6, 6.07) is 20.9. The van der Waals surface area contributed by atoms with Crippen molar-refractivity contribution in [2.24, 2.45) is 0 Å². The van der Waals surface area contributed by atoms with Crippen LogP contribution in [0.2, 0.25) is 0 Å². The summed E-state index contributed by atoms with van der Waals surface area (Å²) in [6.07, 6.45) is 0.633. The first-order chi connectivity index (χ1) is 15.3. The van der Waals surface area contributed by atoms with Crippen LogP contribution < -0.4 is 14.4 Å². The van der Waals surface area contributed by atoms with Crippen LogP contribution >= 0.6 is 0 Å². The van der Waals surface area contributed by atoms with Crippen molar-refractivity contribution in [3.05, 3.63) is 83.9 Å². The maximum absolute atomic E-state index is 13.6. The third kappa shape index (κ3) is 5.48. The van der Waals surface area contributed by atoms with Gasteiger partial charge in [-0.3, -0.25) is 9.10 Å². The molecule has 0 radical (unpaired) electrons. The average molecular weight is 453 g/mol. The van der Waals surface area contributed by atoms with Crippen molar-refractivity contribution in [1.82, 2.24) is 0 Å². The van der Waals surface area contributed by atoms with Crippen molar-refractivity contribution in [3.63, 3.8) is 0 Å². The molecule has 0 aliphatic heterocycles. The molecule has 0 aliphatic carbocycles. The van der Waals surface area contributed by atoms with E-state index >= 15 is 0 Å². The number of amides is 1. The Morgan fingerprint density at radius 2 is 1.69 bits per heavy atom. The number of hydrogen-bond acceptors (Lipinski definition) is 4. The van der Waals surface area contributed by atoms with Gasteiger partial charge in [-0.2, -0.15) is 0 Å². The molecule has 0 aliphatic rings. The van der Waals surface area contributed by atoms with E-state index in [1.165, 1.54) is 4.31 Å². The van der Waals surface area contributed by atoms with Gasteiger partial charge in [-0.25, -0.2) is 8.42 Å². The molecule has 0 saturated heterocycles. The number of nitrogens with zero attached hydrogens (tertiary/aromatic N) is 1. The number of nitrogens with one attached hydrogen (secondary N) is 1. The maximum atomic E-state index is 13.6. The number of ether oxygens (including phenoxy) is 1. The first-order valence-corrected chi connectivity index (χ1v) is 12.0. The van der Waals surface area contributed by atoms with E-state index in [4.69, 9.17) is 4.74 Å². The van der Waals surface area contributed by atoms with E-state index in [1.54, 1.807) is 60.7 Å². The number of carbonyl (C=O) groups excluding carboxylic acids is 1. The molecular formula is C25H28N2O4S. The molecule has 0 unspecified atom stereocenters. The van der Waals surface area contributed by atoms with Crippen LogP contribution in [-0.4, -0.2) is 27.5 Å². The molecule has 3 rings (SSSR count). The number of anilines is 2. The third-order valence-corrected chi connectivity index (χ3v) is 6.74. The second-order valence-corrected chi connectivity index (χ2v) is 9.18. The van der Waals surface area contributed by atoms with E-state index in [-0.39, 0.29) is 11.4 Å². The Morgan fingerprint density at radius 3 is 2.38 bits per heavy atom. The molecule has 0 bridgehead atoms. The summed E-state index contributed by atoms with van der Waals surface area (Å²) in [4.78, 5) is 13.1. The van der Waals surface area contributed by atoms with Gasteiger partial charge in [-0.1, -0.05) is 48.9 Å². The molecule has 32 heavy (non-hydrogen) atoms. The maximum Gasteiger partial charge on any atom is 0.264 e. The van der Waals surface area contributed by atoms with Gasteiger partial charge in [0.25, 0.3) is 10.0 Å². The third-order valence-electron chi connectivity index (χ3n) is 4.97. The summed E-state index contributed by atoms with van der Waals surface area (Å²) in [7, 11) is -3.96. The monoisotopic (exact) mass is 452 g/mol. The van der Waals surface area contributed by atoms with Crippen LogP contribution in [0.3, 0.4) is 0 Å². The molecular weight excluding hydrogens is 424 g/mol. The van der Waals surface area contributed by atoms with Gasteiger partial charge in [0.05, 0.1) is 17.2 Å². The van der Waals surface area contributed by atoms with E-state index in [1.807, 2.05) is 32.9 Å². The molecule has 0 fully saturated rings. The Hall–Kier alpha value is -3.32. The van der Waals surface area contributed by atoms with Crippen LogP contribution in [-0.2, 0) is 21.2 Å². The highest BCUT2D eigenvalue weighted by atomic mass is 32.2. The molecule has 0 spiro atoms. The van der Waals surface area contributed by atoms with Gasteiger partial charge >= 0.3 is 0 Å². The average Bonchev–Trinajstić information content (AvgIpc) is 2.78. The fourth-order valence-electron chi connectivity index (χ4n) is 3.35. The largest absolute Gasteiger partial charge is 0.494 e. The smallest absolute Gasteiger partial charge is 0.264 e. The lowest BCUT2D eigenvalue weighted by Gasteiger charge is -2.26. The van der Waals surface area contributed by atoms with Crippen LogP contribution in [0.4, 0.5) is 11.4 Å². The number of aryl methyl sites for hydroxylation is 2. The highest BCUT2D eigenvalue weighted by Gasteiger charge is 2.28. The molecule has 0 heterocycles. The summed E-state index contributed by atoms with van der Waals surface area (Å²) >= 11 is 0. The lowest BCUT2D eigenvalue weighted by Crippen LogP contribution is -2.38. The van der Waals surface area contributed by atoms with E-state index in [0.29, 0.717) is 30.2 Å². The van der Waals surface area contributed by atoms with Gasteiger partial charge < -0.3 is 10.1 Å². The Kier molecular flexibility index (Phi) is 7.53. The van der Waals surface area contributed by atoms with Crippen molar-refractivity contribution in [1.29, 1.82) is 0 Å². The van der Waals surface area contributed by atoms with Crippen LogP contribution in [0, 0.1) is 6.92 Å². The zero-order valence-electron chi connectivity index (χ0n) is 18.5. The van der Waals surface area contributed by atoms with Crippen molar-refractivity contribution in [3.8, 4) is 5.75 Å². The molecule has 6 nitrogen and oxygen atoms in total. The minimum atomic E-state index is -3.96. The zero-order chi connectivity index (χ0) is 23.1. The van der Waals surface area contributed by atoms with Gasteiger partial charge in [0.2, 0.25) is 5.91 Å². The van der Waals surface area contributed by atoms with E-state index in [9.17, 15) is 13.2 Å². The number of benzene rings is 3. The normalized spacial score (nSPS) is 11.1. The van der Waals surface area contributed by atoms with Crippen LogP contribution in [0.1, 0.15) is 25.0 Å². The lowest BCUT2D eigenvalue weighted by atomic mass is 10.1. The summed E-state index contributed by atoms with van der Waals surface area (Å²) in [6.45, 7) is 5.88. The molecule has 168 valence electrons. The minimum Gasteiger partial charge on any atom is -0.494 e. The molecule has 0 atom stereocenters. The van der Waals surface area contributed by atoms with Gasteiger partial charge in [-0.15, -0.1) is 0 Å². The second kappa shape index (κ2) is 10.3. The molecule has 1 amide bonds. The summed E-state index contributed by atoms with van der Waals surface area (Å²) < 4.78 is 33.8. The zero-order valence-corrected chi connectivity index (χ0v) is 19.4. The Morgan fingerprint density at radius 1 is 0.969 bits per heavy atom. The van der Waals surface area contributed by atoms with E-state index in [2.05, 4.69) is 5.32 Å². The van der Waals surface area contributed by atoms with Crippen LogP contribution in [0.15, 0.2) is 77.7 Å². The number of carbonyl (C=O) groups is 1. The summed E-state index contributed by atoms with van der Waals surface area (Å²) in [5, 5.41) is 2.79. The van der Waals surface area contributed by atoms with Crippen molar-refractivity contribution in [2.45, 2.75) is 32.1 Å². The van der Waals surface area contributed by atoms with Gasteiger partial charge in [0, 0.05) is 11.8 Å². The summed E-state index contributed by atoms with van der Waals surface area (Å²) in [5.41, 5.74) is 2.83. The number of rotatable bonds is 9. The van der Waals surface area contributed by atoms with E-state index < -0.39 is 15.9 Å². The van der Waals surface area contributed by atoms with Gasteiger partial charge in [0.1, 0.15) is 12.3 Å². The van der Waals surface area contributed by atoms with Gasteiger partial charge in [-0.05, 0) is 56.2 Å². The minimum absolute atomic E-state index is 0.139. The highest BCUT2D eigenvalue weighted by Crippen LogP contribution is 2.28. The fourth-order valence-corrected chi connectivity index (χ4v) is 4.81. The topological polar surface area (TPSA) is 75.7 Å². The molecule has 3 aromatic rings. The predicted octanol–water partition coefficient (Wildman–Crippen LogP) is 4.79. The Labute approximate surface area is 189 Å². The molecule has 1 N–H and O–H groups in total. The van der Waals surface area contributed by atoms with Crippen molar-refractivity contribution >= 4 is 27.3 Å². The molecule has 0 aromatic heterocycles. The molecule has 0 saturated carbocycles. The first-order valence-electron chi connectivity index (χ1n) is 10.5. The SMILES string of the molecule is CCOc1cccc(NC(=O)CN(c2ccccc2CC)S(=O)(=O)c2ccc(C)cc2)c1. The first kappa shape index (κ1) is 23.3. The predicted molar refractivity (Wildman–Crippen MR) is 128 cm³/mol. The fraction of sp³-hybridized carbons (Fsp3) is 0.240. The Balaban J connectivity index is 1.95. The van der Waals surface area contributed by atoms with Crippen LogP contribution in [0.5, 0.6) is 5.75 Å².